The van der Waals surface area contributed by atoms with Gasteiger partial charge in [-0.15, -0.1) is 11.3 Å². The van der Waals surface area contributed by atoms with Crippen LogP contribution in [-0.4, -0.2) is 116 Å². The fraction of sp³-hybridized carbons (Fsp3) is 0.462. The molecule has 3 fully saturated rings. The zero-order chi connectivity index (χ0) is 51.5. The third-order valence-corrected chi connectivity index (χ3v) is 16.9. The minimum Gasteiger partial charge on any atom is -0.376 e. The summed E-state index contributed by atoms with van der Waals surface area (Å²) >= 11 is 2.76. The van der Waals surface area contributed by atoms with Gasteiger partial charge in [-0.05, 0) is 71.5 Å². The maximum absolute atomic E-state index is 14.8. The molecule has 3 aromatic carbocycles. The Bertz CT molecular complexity index is 2860. The predicted octanol–water partition coefficient (Wildman–Crippen LogP) is 7.34. The lowest BCUT2D eigenvalue weighted by molar-refractivity contribution is -0.146. The summed E-state index contributed by atoms with van der Waals surface area (Å²) in [5.41, 5.74) is -3.03. The van der Waals surface area contributed by atoms with Gasteiger partial charge in [0.25, 0.3) is 11.8 Å². The van der Waals surface area contributed by atoms with E-state index in [0.29, 0.717) is 42.1 Å². The molecule has 8 rings (SSSR count). The summed E-state index contributed by atoms with van der Waals surface area (Å²) in [7, 11) is -5.83. The highest BCUT2D eigenvalue weighted by Gasteiger charge is 2.51. The zero-order valence-corrected chi connectivity index (χ0v) is 42.8. The second-order valence-electron chi connectivity index (χ2n) is 19.7. The molecule has 5 atom stereocenters. The molecule has 2 unspecified atom stereocenters. The van der Waals surface area contributed by atoms with Crippen molar-refractivity contribution in [3.05, 3.63) is 105 Å². The van der Waals surface area contributed by atoms with Crippen LogP contribution in [0.1, 0.15) is 120 Å². The number of hydrogen-bond donors (Lipinski definition) is 4. The van der Waals surface area contributed by atoms with Gasteiger partial charge in [-0.25, -0.2) is 0 Å². The van der Waals surface area contributed by atoms with Gasteiger partial charge in [0.15, 0.2) is 0 Å². The van der Waals surface area contributed by atoms with Crippen molar-refractivity contribution < 1.29 is 56.6 Å². The molecule has 0 saturated carbocycles. The van der Waals surface area contributed by atoms with Gasteiger partial charge in [-0.3, -0.25) is 38.6 Å². The lowest BCUT2D eigenvalue weighted by atomic mass is 9.85. The number of likely N-dealkylation sites (tertiary alicyclic amines) is 1. The highest BCUT2D eigenvalue weighted by Crippen LogP contribution is 2.59. The first-order chi connectivity index (χ1) is 34.2. The summed E-state index contributed by atoms with van der Waals surface area (Å²) in [6, 6.07) is 17.1. The van der Waals surface area contributed by atoms with Gasteiger partial charge in [-0.1, -0.05) is 87.9 Å². The average Bonchev–Trinajstić information content (AvgIpc) is 4.07. The number of carbonyl (C=O) groups is 6. The van der Waals surface area contributed by atoms with Gasteiger partial charge < -0.3 is 34.5 Å². The third-order valence-electron chi connectivity index (χ3n) is 13.6. The molecule has 4 aromatic rings. The normalized spacial score (nSPS) is 21.0. The number of carbonyl (C=O) groups excluding carboxylic acids is 6. The molecule has 382 valence electrons. The van der Waals surface area contributed by atoms with Crippen molar-refractivity contribution in [2.75, 3.05) is 32.0 Å². The van der Waals surface area contributed by atoms with E-state index in [9.17, 15) is 51.9 Å². The number of alkyl halides is 2. The highest BCUT2D eigenvalue weighted by molar-refractivity contribution is 7.99. The molecule has 72 heavy (non-hydrogen) atoms. The van der Waals surface area contributed by atoms with Crippen molar-refractivity contribution in [3.63, 3.8) is 0 Å². The number of imide groups is 1. The first-order valence-electron chi connectivity index (χ1n) is 24.1. The number of amides is 6. The van der Waals surface area contributed by atoms with E-state index >= 15 is 0 Å². The van der Waals surface area contributed by atoms with Crippen LogP contribution in [0.25, 0.3) is 10.1 Å². The van der Waals surface area contributed by atoms with Crippen LogP contribution in [0.2, 0.25) is 0 Å². The molecule has 1 aromatic heterocycles. The standard InChI is InChI=1S/C52H58F2N5O10PS2/c1-51(2,3)45(56-47(62)42-27-34-26-35(19-21-41(34)72-42)52(53,54)70(66,67)68)50(65)58-29-36(28-40(58)49(64)57-23-25-71-43(31-57)33-15-10-8-11-16-33)69-24-12-7-5-4-6-9-14-32-17-13-18-37-38(32)30-59(48(37)63)39-20-22-44(60)55-46(39)61/h8,10-11,13,15-19,21,26-27,36,39-40,43,45H,4-7,12,20,22-25,28-31H2,1-3H3,(H,56,62)(H,55,60,61)(H2,66,67,68)/t36-,39?,40-,43?,45+/m0/s1. The first kappa shape index (κ1) is 52.8. The Morgan fingerprint density at radius 1 is 0.972 bits per heavy atom. The largest absolute Gasteiger partial charge is 0.399 e. The predicted molar refractivity (Wildman–Crippen MR) is 269 cm³/mol. The van der Waals surface area contributed by atoms with Crippen molar-refractivity contribution in [1.82, 2.24) is 25.3 Å². The Morgan fingerprint density at radius 3 is 2.47 bits per heavy atom. The number of rotatable bonds is 15. The molecule has 4 N–H and O–H groups in total. The lowest BCUT2D eigenvalue weighted by Crippen LogP contribution is -2.58. The molecule has 3 saturated heterocycles. The monoisotopic (exact) mass is 1050 g/mol. The van der Waals surface area contributed by atoms with Crippen LogP contribution in [0.4, 0.5) is 8.78 Å². The van der Waals surface area contributed by atoms with Crippen molar-refractivity contribution in [2.24, 2.45) is 5.41 Å². The number of hydrogen-bond acceptors (Lipinski definition) is 10. The molecule has 6 amide bonds. The number of thioether (sulfide) groups is 1. The quantitative estimate of drug-likeness (QED) is 0.0402. The van der Waals surface area contributed by atoms with Gasteiger partial charge in [0.2, 0.25) is 23.6 Å². The zero-order valence-electron chi connectivity index (χ0n) is 40.2. The summed E-state index contributed by atoms with van der Waals surface area (Å²) in [4.78, 5) is 104. The molecule has 5 heterocycles. The molecule has 15 nitrogen and oxygen atoms in total. The fourth-order valence-corrected chi connectivity index (χ4v) is 12.3. The number of piperidine rings is 1. The van der Waals surface area contributed by atoms with Crippen molar-refractivity contribution in [1.29, 1.82) is 0 Å². The van der Waals surface area contributed by atoms with E-state index in [0.717, 1.165) is 65.8 Å². The number of ether oxygens (including phenoxy) is 1. The summed E-state index contributed by atoms with van der Waals surface area (Å²) < 4.78 is 47.5. The number of nitrogens with zero attached hydrogens (tertiary/aromatic N) is 3. The second-order valence-corrected chi connectivity index (χ2v) is 23.8. The summed E-state index contributed by atoms with van der Waals surface area (Å²) in [6.45, 7) is 7.13. The fourth-order valence-electron chi connectivity index (χ4n) is 9.63. The van der Waals surface area contributed by atoms with Crippen molar-refractivity contribution in [2.45, 2.75) is 114 Å². The molecular weight excluding hydrogens is 988 g/mol. The van der Waals surface area contributed by atoms with E-state index in [1.165, 1.54) is 21.9 Å². The summed E-state index contributed by atoms with van der Waals surface area (Å²) in [5, 5.41) is 5.43. The summed E-state index contributed by atoms with van der Waals surface area (Å²) in [5.74, 6) is 4.83. The minimum absolute atomic E-state index is 0.0528. The summed E-state index contributed by atoms with van der Waals surface area (Å²) in [6.07, 6.45) is 4.21. The van der Waals surface area contributed by atoms with Gasteiger partial charge in [0.1, 0.15) is 18.1 Å². The average molecular weight is 1050 g/mol. The molecular formula is C52H58F2N5O10PS2. The third kappa shape index (κ3) is 11.6. The Labute approximate surface area is 424 Å². The second kappa shape index (κ2) is 21.9. The number of halogens is 2. The van der Waals surface area contributed by atoms with E-state index in [2.05, 4.69) is 22.5 Å². The highest BCUT2D eigenvalue weighted by atomic mass is 32.2. The Morgan fingerprint density at radius 2 is 1.74 bits per heavy atom. The molecule has 0 aliphatic carbocycles. The molecule has 0 radical (unpaired) electrons. The molecule has 4 aliphatic heterocycles. The molecule has 20 heteroatoms. The van der Waals surface area contributed by atoms with Gasteiger partial charge in [-0.2, -0.15) is 20.5 Å². The number of thiophene rings is 1. The van der Waals surface area contributed by atoms with Crippen molar-refractivity contribution >= 4 is 76.2 Å². The van der Waals surface area contributed by atoms with E-state index in [1.54, 1.807) is 44.7 Å². The maximum atomic E-state index is 14.8. The van der Waals surface area contributed by atoms with Crippen LogP contribution in [-0.2, 0) is 40.7 Å². The lowest BCUT2D eigenvalue weighted by Gasteiger charge is -2.38. The molecule has 4 aliphatic rings. The topological polar surface area (TPSA) is 203 Å². The Balaban J connectivity index is 0.891. The van der Waals surface area contributed by atoms with Crippen LogP contribution in [0, 0.1) is 17.3 Å². The van der Waals surface area contributed by atoms with E-state index in [4.69, 9.17) is 4.74 Å². The number of fused-ring (bicyclic) bond motifs is 2. The molecule has 0 spiro atoms. The maximum Gasteiger partial charge on any atom is 0.399 e. The van der Waals surface area contributed by atoms with E-state index in [1.807, 2.05) is 41.3 Å². The number of benzene rings is 3. The van der Waals surface area contributed by atoms with Crippen LogP contribution < -0.4 is 10.6 Å². The van der Waals surface area contributed by atoms with Crippen LogP contribution in [0.5, 0.6) is 0 Å². The Kier molecular flexibility index (Phi) is 16.1. The van der Waals surface area contributed by atoms with Crippen LogP contribution >= 0.6 is 30.7 Å². The number of unbranched alkanes of at least 4 members (excludes halogenated alkanes) is 4. The van der Waals surface area contributed by atoms with Crippen LogP contribution in [0.3, 0.4) is 0 Å². The van der Waals surface area contributed by atoms with Gasteiger partial charge in [0.05, 0.1) is 11.0 Å². The minimum atomic E-state index is -5.83. The van der Waals surface area contributed by atoms with Gasteiger partial charge >= 0.3 is 13.3 Å². The first-order valence-corrected chi connectivity index (χ1v) is 27.6. The van der Waals surface area contributed by atoms with Gasteiger partial charge in [0, 0.05) is 84.4 Å². The number of nitrogens with one attached hydrogen (secondary N) is 2. The van der Waals surface area contributed by atoms with E-state index in [-0.39, 0.29) is 65.6 Å². The SMILES string of the molecule is CC(C)(C)[C@H](NC(=O)c1cc2cc(C(F)(F)P(=O)(O)O)ccc2s1)C(=O)N1C[C@@H](OCCCCCCC#Cc2cccc3c2CN(C2CCC(=O)NC2=O)C3=O)C[C@H]1C(=O)N1CCSC(c2ccccc2)C1. The smallest absolute Gasteiger partial charge is 0.376 e. The molecule has 0 bridgehead atoms. The Hall–Kier alpha value is -5.48. The van der Waals surface area contributed by atoms with Crippen LogP contribution in [0.15, 0.2) is 72.8 Å². The van der Waals surface area contributed by atoms with E-state index < -0.39 is 66.2 Å². The van der Waals surface area contributed by atoms with Crippen molar-refractivity contribution in [3.8, 4) is 11.8 Å².